The quantitative estimate of drug-likeness (QED) is 0.613. The summed E-state index contributed by atoms with van der Waals surface area (Å²) >= 11 is 0. The second-order valence-electron chi connectivity index (χ2n) is 4.94. The Bertz CT molecular complexity index is 547. The minimum Gasteiger partial charge on any atom is -0.468 e. The Morgan fingerprint density at radius 3 is 2.58 bits per heavy atom. The van der Waals surface area contributed by atoms with Gasteiger partial charge in [0.05, 0.1) is 7.11 Å². The summed E-state index contributed by atoms with van der Waals surface area (Å²) in [6.07, 6.45) is 0.735. The molecule has 4 heteroatoms. The van der Waals surface area contributed by atoms with Gasteiger partial charge in [-0.25, -0.2) is 0 Å². The van der Waals surface area contributed by atoms with E-state index in [9.17, 15) is 14.4 Å². The summed E-state index contributed by atoms with van der Waals surface area (Å²) in [5, 5.41) is 0. The normalized spacial score (nSPS) is 21.1. The van der Waals surface area contributed by atoms with E-state index >= 15 is 0 Å². The minimum absolute atomic E-state index is 0.0352. The Kier molecular flexibility index (Phi) is 3.51. The third-order valence-corrected chi connectivity index (χ3v) is 3.67. The van der Waals surface area contributed by atoms with Gasteiger partial charge in [0, 0.05) is 12.0 Å². The van der Waals surface area contributed by atoms with E-state index in [-0.39, 0.29) is 24.4 Å². The molecule has 0 fully saturated rings. The second kappa shape index (κ2) is 4.96. The molecule has 1 aromatic carbocycles. The van der Waals surface area contributed by atoms with E-state index in [1.54, 1.807) is 12.1 Å². The first-order valence-electron chi connectivity index (χ1n) is 6.22. The van der Waals surface area contributed by atoms with Crippen LogP contribution in [0.4, 0.5) is 0 Å². The predicted octanol–water partition coefficient (Wildman–Crippen LogP) is 1.95. The van der Waals surface area contributed by atoms with E-state index < -0.39 is 11.4 Å². The molecule has 0 saturated carbocycles. The van der Waals surface area contributed by atoms with E-state index in [2.05, 4.69) is 0 Å². The van der Waals surface area contributed by atoms with Gasteiger partial charge in [-0.3, -0.25) is 9.59 Å². The topological polar surface area (TPSA) is 60.4 Å². The molecule has 0 amide bonds. The summed E-state index contributed by atoms with van der Waals surface area (Å²) in [7, 11) is 1.27. The zero-order valence-electron chi connectivity index (χ0n) is 11.1. The molecule has 19 heavy (non-hydrogen) atoms. The van der Waals surface area contributed by atoms with Gasteiger partial charge in [0.25, 0.3) is 0 Å². The first-order chi connectivity index (χ1) is 9.01. The molecule has 0 aliphatic heterocycles. The van der Waals surface area contributed by atoms with E-state index in [1.807, 2.05) is 12.1 Å². The number of rotatable bonds is 4. The van der Waals surface area contributed by atoms with E-state index in [0.717, 1.165) is 5.56 Å². The fourth-order valence-electron chi connectivity index (χ4n) is 2.61. The number of hydrogen-bond acceptors (Lipinski definition) is 4. The van der Waals surface area contributed by atoms with Crippen LogP contribution in [0.5, 0.6) is 0 Å². The number of carbonyl (C=O) groups excluding carboxylic acids is 3. The molecule has 0 saturated heterocycles. The van der Waals surface area contributed by atoms with Crippen molar-refractivity contribution in [2.24, 2.45) is 5.41 Å². The maximum Gasteiger partial charge on any atom is 0.320 e. The molecule has 1 aliphatic carbocycles. The lowest BCUT2D eigenvalue weighted by atomic mass is 9.79. The van der Waals surface area contributed by atoms with Gasteiger partial charge in [-0.05, 0) is 25.3 Å². The molecule has 2 rings (SSSR count). The van der Waals surface area contributed by atoms with E-state index in [1.165, 1.54) is 14.0 Å². The Labute approximate surface area is 111 Å². The van der Waals surface area contributed by atoms with Crippen LogP contribution in [0.15, 0.2) is 24.3 Å². The summed E-state index contributed by atoms with van der Waals surface area (Å²) in [4.78, 5) is 35.8. The Hall–Kier alpha value is -1.97. The number of Topliss-reactive ketones (excluding diaryl/α,β-unsaturated/α-hetero) is 2. The van der Waals surface area contributed by atoms with Crippen LogP contribution >= 0.6 is 0 Å². The molecule has 1 unspecified atom stereocenters. The van der Waals surface area contributed by atoms with E-state index in [4.69, 9.17) is 4.74 Å². The first-order valence-corrected chi connectivity index (χ1v) is 6.22. The van der Waals surface area contributed by atoms with Crippen molar-refractivity contribution >= 4 is 17.5 Å². The maximum atomic E-state index is 12.5. The number of fused-ring (bicyclic) bond motifs is 1. The van der Waals surface area contributed by atoms with Crippen molar-refractivity contribution in [3.63, 3.8) is 0 Å². The van der Waals surface area contributed by atoms with Crippen LogP contribution in [0, 0.1) is 5.41 Å². The van der Waals surface area contributed by atoms with Crippen LogP contribution in [0.25, 0.3) is 0 Å². The van der Waals surface area contributed by atoms with E-state index in [0.29, 0.717) is 12.0 Å². The number of hydrogen-bond donors (Lipinski definition) is 0. The molecule has 4 nitrogen and oxygen atoms in total. The lowest BCUT2D eigenvalue weighted by Crippen LogP contribution is -2.38. The molecule has 1 aliphatic rings. The lowest BCUT2D eigenvalue weighted by Gasteiger charge is -2.23. The van der Waals surface area contributed by atoms with Crippen molar-refractivity contribution in [2.45, 2.75) is 26.2 Å². The summed E-state index contributed by atoms with van der Waals surface area (Å²) in [6, 6.07) is 7.17. The first kappa shape index (κ1) is 13.5. The number of benzene rings is 1. The maximum absolute atomic E-state index is 12.5. The fourth-order valence-corrected chi connectivity index (χ4v) is 2.61. The van der Waals surface area contributed by atoms with Crippen molar-refractivity contribution in [1.82, 2.24) is 0 Å². The smallest absolute Gasteiger partial charge is 0.320 e. The number of esters is 1. The molecule has 0 heterocycles. The molecular formula is C15H16O4. The molecule has 0 aromatic heterocycles. The second-order valence-corrected chi connectivity index (χ2v) is 4.94. The summed E-state index contributed by atoms with van der Waals surface area (Å²) in [5.41, 5.74) is 0.197. The summed E-state index contributed by atoms with van der Waals surface area (Å²) < 4.78 is 4.80. The van der Waals surface area contributed by atoms with Crippen LogP contribution in [0.2, 0.25) is 0 Å². The Morgan fingerprint density at radius 2 is 2.00 bits per heavy atom. The fraction of sp³-hybridized carbons (Fsp3) is 0.400. The van der Waals surface area contributed by atoms with Gasteiger partial charge in [0.2, 0.25) is 0 Å². The van der Waals surface area contributed by atoms with Crippen molar-refractivity contribution < 1.29 is 19.1 Å². The van der Waals surface area contributed by atoms with Gasteiger partial charge in [-0.15, -0.1) is 0 Å². The third-order valence-electron chi connectivity index (χ3n) is 3.67. The SMILES string of the molecule is COC(=O)C1(CCC(C)=O)Cc2ccccc2C1=O. The largest absolute Gasteiger partial charge is 0.468 e. The lowest BCUT2D eigenvalue weighted by molar-refractivity contribution is -0.149. The highest BCUT2D eigenvalue weighted by atomic mass is 16.5. The Balaban J connectivity index is 2.39. The molecule has 1 aromatic rings. The number of carbonyl (C=O) groups is 3. The number of methoxy groups -OCH3 is 1. The van der Waals surface area contributed by atoms with Gasteiger partial charge in [-0.2, -0.15) is 0 Å². The molecule has 0 radical (unpaired) electrons. The van der Waals surface area contributed by atoms with Gasteiger partial charge >= 0.3 is 5.97 Å². The van der Waals surface area contributed by atoms with Crippen LogP contribution in [-0.2, 0) is 20.7 Å². The zero-order chi connectivity index (χ0) is 14.0. The van der Waals surface area contributed by atoms with Crippen LogP contribution in [0.1, 0.15) is 35.7 Å². The van der Waals surface area contributed by atoms with Gasteiger partial charge in [0.1, 0.15) is 11.2 Å². The molecule has 0 bridgehead atoms. The highest BCUT2D eigenvalue weighted by Gasteiger charge is 2.51. The van der Waals surface area contributed by atoms with Gasteiger partial charge < -0.3 is 9.53 Å². The molecular weight excluding hydrogens is 244 g/mol. The number of ketones is 2. The standard InChI is InChI=1S/C15H16O4/c1-10(16)7-8-15(14(18)19-2)9-11-5-3-4-6-12(11)13(15)17/h3-6H,7-9H2,1-2H3. The number of ether oxygens (including phenoxy) is 1. The molecule has 0 spiro atoms. The monoisotopic (exact) mass is 260 g/mol. The molecule has 1 atom stereocenters. The molecule has 0 N–H and O–H groups in total. The highest BCUT2D eigenvalue weighted by Crippen LogP contribution is 2.41. The predicted molar refractivity (Wildman–Crippen MR) is 68.8 cm³/mol. The third kappa shape index (κ3) is 2.18. The summed E-state index contributed by atoms with van der Waals surface area (Å²) in [6.45, 7) is 1.46. The average molecular weight is 260 g/mol. The minimum atomic E-state index is -1.22. The van der Waals surface area contributed by atoms with Gasteiger partial charge in [0.15, 0.2) is 5.78 Å². The van der Waals surface area contributed by atoms with Crippen LogP contribution in [-0.4, -0.2) is 24.6 Å². The zero-order valence-corrected chi connectivity index (χ0v) is 11.1. The van der Waals surface area contributed by atoms with Gasteiger partial charge in [-0.1, -0.05) is 24.3 Å². The highest BCUT2D eigenvalue weighted by molar-refractivity contribution is 6.16. The van der Waals surface area contributed by atoms with Crippen LogP contribution in [0.3, 0.4) is 0 Å². The average Bonchev–Trinajstić information content (AvgIpc) is 2.70. The van der Waals surface area contributed by atoms with Crippen LogP contribution < -0.4 is 0 Å². The Morgan fingerprint density at radius 1 is 1.32 bits per heavy atom. The molecule has 100 valence electrons. The van der Waals surface area contributed by atoms with Crippen molar-refractivity contribution in [3.8, 4) is 0 Å². The van der Waals surface area contributed by atoms with Crippen molar-refractivity contribution in [1.29, 1.82) is 0 Å². The van der Waals surface area contributed by atoms with Crippen molar-refractivity contribution in [3.05, 3.63) is 35.4 Å². The summed E-state index contributed by atoms with van der Waals surface area (Å²) in [5.74, 6) is -0.807. The van der Waals surface area contributed by atoms with Crippen molar-refractivity contribution in [2.75, 3.05) is 7.11 Å².